The Kier molecular flexibility index (Phi) is 3.11. The van der Waals surface area contributed by atoms with Crippen LogP contribution in [0.5, 0.6) is 0 Å². The molecule has 1 fully saturated rings. The van der Waals surface area contributed by atoms with Gasteiger partial charge in [0.1, 0.15) is 0 Å². The Morgan fingerprint density at radius 3 is 2.83 bits per heavy atom. The van der Waals surface area contributed by atoms with Gasteiger partial charge >= 0.3 is 0 Å². The maximum Gasteiger partial charge on any atom is 0.163 e. The monoisotopic (exact) mass is 239 g/mol. The maximum atomic E-state index is 12.4. The zero-order chi connectivity index (χ0) is 12.4. The molecule has 0 aromatic heterocycles. The summed E-state index contributed by atoms with van der Waals surface area (Å²) in [6.07, 6.45) is 1.79. The summed E-state index contributed by atoms with van der Waals surface area (Å²) in [7, 11) is 0. The van der Waals surface area contributed by atoms with Crippen LogP contribution in [0.1, 0.15) is 23.2 Å². The molecule has 1 aliphatic heterocycles. The van der Waals surface area contributed by atoms with Gasteiger partial charge in [0.15, 0.2) is 5.78 Å². The molecule has 2 aromatic rings. The van der Waals surface area contributed by atoms with E-state index in [1.807, 2.05) is 30.3 Å². The van der Waals surface area contributed by atoms with Crippen molar-refractivity contribution in [3.8, 4) is 0 Å². The standard InChI is InChI=1S/C16H17NO/c18-16(10-12-8-9-17-11-12)15-7-3-5-13-4-1-2-6-14(13)15/h1-7,12,17H,8-11H2. The fraction of sp³-hybridized carbons (Fsp3) is 0.312. The number of carbonyl (C=O) groups is 1. The third kappa shape index (κ3) is 2.16. The van der Waals surface area contributed by atoms with E-state index in [9.17, 15) is 4.79 Å². The number of carbonyl (C=O) groups excluding carboxylic acids is 1. The van der Waals surface area contributed by atoms with Gasteiger partial charge in [0.2, 0.25) is 0 Å². The fourth-order valence-electron chi connectivity index (χ4n) is 2.73. The first-order chi connectivity index (χ1) is 8.84. The summed E-state index contributed by atoms with van der Waals surface area (Å²) >= 11 is 0. The molecule has 1 N–H and O–H groups in total. The van der Waals surface area contributed by atoms with Crippen LogP contribution in [0.3, 0.4) is 0 Å². The maximum absolute atomic E-state index is 12.4. The fourth-order valence-corrected chi connectivity index (χ4v) is 2.73. The molecule has 1 atom stereocenters. The van der Waals surface area contributed by atoms with Crippen LogP contribution in [-0.4, -0.2) is 18.9 Å². The number of fused-ring (bicyclic) bond motifs is 1. The third-order valence-electron chi connectivity index (χ3n) is 3.73. The average Bonchev–Trinajstić information content (AvgIpc) is 2.91. The first-order valence-electron chi connectivity index (χ1n) is 6.56. The van der Waals surface area contributed by atoms with E-state index in [-0.39, 0.29) is 5.78 Å². The molecule has 0 amide bonds. The number of benzene rings is 2. The minimum absolute atomic E-state index is 0.278. The molecule has 92 valence electrons. The van der Waals surface area contributed by atoms with Crippen molar-refractivity contribution in [1.29, 1.82) is 0 Å². The molecule has 2 nitrogen and oxygen atoms in total. The highest BCUT2D eigenvalue weighted by Gasteiger charge is 2.19. The summed E-state index contributed by atoms with van der Waals surface area (Å²) in [5.41, 5.74) is 0.875. The van der Waals surface area contributed by atoms with Crippen LogP contribution in [-0.2, 0) is 0 Å². The molecule has 18 heavy (non-hydrogen) atoms. The SMILES string of the molecule is O=C(CC1CCNC1)c1cccc2ccccc12. The molecule has 1 saturated heterocycles. The normalized spacial score (nSPS) is 19.2. The molecule has 1 unspecified atom stereocenters. The Morgan fingerprint density at radius 1 is 1.17 bits per heavy atom. The summed E-state index contributed by atoms with van der Waals surface area (Å²) in [4.78, 5) is 12.4. The van der Waals surface area contributed by atoms with E-state index in [2.05, 4.69) is 17.4 Å². The topological polar surface area (TPSA) is 29.1 Å². The number of ketones is 1. The van der Waals surface area contributed by atoms with Gasteiger partial charge in [-0.2, -0.15) is 0 Å². The molecule has 3 rings (SSSR count). The number of Topliss-reactive ketones (excluding diaryl/α,β-unsaturated/α-hetero) is 1. The van der Waals surface area contributed by atoms with Crippen molar-refractivity contribution in [3.05, 3.63) is 48.0 Å². The number of hydrogen-bond acceptors (Lipinski definition) is 2. The molecule has 0 radical (unpaired) electrons. The molecule has 1 heterocycles. The lowest BCUT2D eigenvalue weighted by Gasteiger charge is -2.09. The van der Waals surface area contributed by atoms with Gasteiger partial charge in [0, 0.05) is 12.0 Å². The lowest BCUT2D eigenvalue weighted by atomic mass is 9.94. The quantitative estimate of drug-likeness (QED) is 0.834. The Balaban J connectivity index is 1.91. The van der Waals surface area contributed by atoms with Gasteiger partial charge in [-0.05, 0) is 36.2 Å². The van der Waals surface area contributed by atoms with Gasteiger partial charge in [0.25, 0.3) is 0 Å². The number of rotatable bonds is 3. The van der Waals surface area contributed by atoms with E-state index < -0.39 is 0 Å². The molecule has 2 aromatic carbocycles. The van der Waals surface area contributed by atoms with E-state index in [1.54, 1.807) is 0 Å². The van der Waals surface area contributed by atoms with Gasteiger partial charge in [-0.1, -0.05) is 42.5 Å². The summed E-state index contributed by atoms with van der Waals surface area (Å²) in [5, 5.41) is 5.54. The van der Waals surface area contributed by atoms with E-state index in [0.29, 0.717) is 12.3 Å². The zero-order valence-electron chi connectivity index (χ0n) is 10.4. The highest BCUT2D eigenvalue weighted by atomic mass is 16.1. The van der Waals surface area contributed by atoms with Crippen molar-refractivity contribution in [3.63, 3.8) is 0 Å². The van der Waals surface area contributed by atoms with E-state index in [0.717, 1.165) is 35.8 Å². The van der Waals surface area contributed by atoms with Crippen LogP contribution in [0, 0.1) is 5.92 Å². The highest BCUT2D eigenvalue weighted by molar-refractivity contribution is 6.08. The summed E-state index contributed by atoms with van der Waals surface area (Å²) in [5.74, 6) is 0.789. The molecule has 0 saturated carbocycles. The average molecular weight is 239 g/mol. The molecule has 2 heteroatoms. The largest absolute Gasteiger partial charge is 0.316 e. The Labute approximate surface area is 107 Å². The van der Waals surface area contributed by atoms with Gasteiger partial charge in [0.05, 0.1) is 0 Å². The second-order valence-electron chi connectivity index (χ2n) is 5.01. The molecular formula is C16H17NO. The van der Waals surface area contributed by atoms with Crippen LogP contribution >= 0.6 is 0 Å². The van der Waals surface area contributed by atoms with Gasteiger partial charge in [-0.3, -0.25) is 4.79 Å². The molecule has 1 aliphatic rings. The molecule has 0 spiro atoms. The Morgan fingerprint density at radius 2 is 2.00 bits per heavy atom. The van der Waals surface area contributed by atoms with Crippen molar-refractivity contribution in [2.45, 2.75) is 12.8 Å². The van der Waals surface area contributed by atoms with Gasteiger partial charge in [-0.15, -0.1) is 0 Å². The van der Waals surface area contributed by atoms with Gasteiger partial charge < -0.3 is 5.32 Å². The highest BCUT2D eigenvalue weighted by Crippen LogP contribution is 2.22. The molecular weight excluding hydrogens is 222 g/mol. The van der Waals surface area contributed by atoms with Crippen molar-refractivity contribution < 1.29 is 4.79 Å². The summed E-state index contributed by atoms with van der Waals surface area (Å²) < 4.78 is 0. The van der Waals surface area contributed by atoms with E-state index >= 15 is 0 Å². The summed E-state index contributed by atoms with van der Waals surface area (Å²) in [6, 6.07) is 14.1. The van der Waals surface area contributed by atoms with Crippen LogP contribution in [0.2, 0.25) is 0 Å². The van der Waals surface area contributed by atoms with Crippen LogP contribution in [0.15, 0.2) is 42.5 Å². The van der Waals surface area contributed by atoms with E-state index in [1.165, 1.54) is 0 Å². The predicted molar refractivity (Wildman–Crippen MR) is 73.9 cm³/mol. The number of nitrogens with one attached hydrogen (secondary N) is 1. The minimum Gasteiger partial charge on any atom is -0.316 e. The van der Waals surface area contributed by atoms with Gasteiger partial charge in [-0.25, -0.2) is 0 Å². The third-order valence-corrected chi connectivity index (χ3v) is 3.73. The molecule has 0 bridgehead atoms. The Bertz CT molecular complexity index is 565. The van der Waals surface area contributed by atoms with E-state index in [4.69, 9.17) is 0 Å². The first-order valence-corrected chi connectivity index (χ1v) is 6.56. The number of hydrogen-bond donors (Lipinski definition) is 1. The smallest absolute Gasteiger partial charge is 0.163 e. The first kappa shape index (κ1) is 11.4. The second-order valence-corrected chi connectivity index (χ2v) is 5.01. The van der Waals surface area contributed by atoms with Crippen molar-refractivity contribution >= 4 is 16.6 Å². The Hall–Kier alpha value is -1.67. The lowest BCUT2D eigenvalue weighted by Crippen LogP contribution is -2.13. The van der Waals surface area contributed by atoms with Crippen molar-refractivity contribution in [1.82, 2.24) is 5.32 Å². The lowest BCUT2D eigenvalue weighted by molar-refractivity contribution is 0.0966. The van der Waals surface area contributed by atoms with Crippen molar-refractivity contribution in [2.24, 2.45) is 5.92 Å². The van der Waals surface area contributed by atoms with Crippen LogP contribution < -0.4 is 5.32 Å². The minimum atomic E-state index is 0.278. The predicted octanol–water partition coefficient (Wildman–Crippen LogP) is 3.02. The van der Waals surface area contributed by atoms with Crippen molar-refractivity contribution in [2.75, 3.05) is 13.1 Å². The van der Waals surface area contributed by atoms with Crippen LogP contribution in [0.4, 0.5) is 0 Å². The van der Waals surface area contributed by atoms with Crippen LogP contribution in [0.25, 0.3) is 10.8 Å². The second kappa shape index (κ2) is 4.91. The molecule has 0 aliphatic carbocycles. The summed E-state index contributed by atoms with van der Waals surface area (Å²) in [6.45, 7) is 2.03. The zero-order valence-corrected chi connectivity index (χ0v) is 10.4.